The normalized spacial score (nSPS) is 17.7. The van der Waals surface area contributed by atoms with E-state index in [-0.39, 0.29) is 11.4 Å². The number of amides is 1. The number of hydrogen-bond acceptors (Lipinski definition) is 4. The minimum Gasteiger partial charge on any atom is -0.311 e. The van der Waals surface area contributed by atoms with Crippen LogP contribution in [0.15, 0.2) is 41.6 Å². The summed E-state index contributed by atoms with van der Waals surface area (Å²) in [6.07, 6.45) is 4.35. The van der Waals surface area contributed by atoms with Crippen LogP contribution in [0.1, 0.15) is 12.0 Å². The molecule has 8 heteroatoms. The zero-order valence-corrected chi connectivity index (χ0v) is 14.7. The van der Waals surface area contributed by atoms with E-state index >= 15 is 0 Å². The Morgan fingerprint density at radius 1 is 1.30 bits per heavy atom. The third kappa shape index (κ3) is 2.97. The van der Waals surface area contributed by atoms with Crippen LogP contribution in [0.3, 0.4) is 0 Å². The van der Waals surface area contributed by atoms with Crippen LogP contribution in [-0.4, -0.2) is 26.4 Å². The van der Waals surface area contributed by atoms with Crippen LogP contribution < -0.4 is 10.9 Å². The number of hydrogen-bond donors (Lipinski definition) is 1. The van der Waals surface area contributed by atoms with Crippen LogP contribution in [0.4, 0.5) is 14.6 Å². The lowest BCUT2D eigenvalue weighted by molar-refractivity contribution is -0.119. The number of fused-ring (bicyclic) bond motifs is 1. The van der Waals surface area contributed by atoms with Crippen LogP contribution >= 0.6 is 0 Å². The number of nitrogens with zero attached hydrogens (tertiary/aromatic N) is 3. The summed E-state index contributed by atoms with van der Waals surface area (Å²) < 4.78 is 27.5. The molecule has 4 rings (SSSR count). The van der Waals surface area contributed by atoms with Gasteiger partial charge in [0.2, 0.25) is 5.91 Å². The van der Waals surface area contributed by atoms with Gasteiger partial charge in [0.05, 0.1) is 5.52 Å². The lowest BCUT2D eigenvalue weighted by Gasteiger charge is -2.12. The van der Waals surface area contributed by atoms with E-state index in [9.17, 15) is 18.4 Å². The van der Waals surface area contributed by atoms with Crippen LogP contribution in [0, 0.1) is 12.8 Å². The first-order valence-electron chi connectivity index (χ1n) is 8.37. The molecule has 0 bridgehead atoms. The Bertz CT molecular complexity index is 1140. The highest BCUT2D eigenvalue weighted by molar-refractivity contribution is 5.96. The molecule has 1 fully saturated rings. The van der Waals surface area contributed by atoms with Crippen molar-refractivity contribution in [3.05, 3.63) is 52.7 Å². The number of carbonyl (C=O) groups excluding carboxylic acids is 1. The molecule has 1 N–H and O–H groups in total. The number of aromatic nitrogens is 3. The van der Waals surface area contributed by atoms with Crippen molar-refractivity contribution in [3.8, 4) is 11.1 Å². The number of anilines is 1. The third-order valence-corrected chi connectivity index (χ3v) is 4.83. The van der Waals surface area contributed by atoms with Crippen LogP contribution in [0.2, 0.25) is 0 Å². The van der Waals surface area contributed by atoms with Crippen molar-refractivity contribution in [2.75, 3.05) is 5.32 Å². The summed E-state index contributed by atoms with van der Waals surface area (Å²) in [7, 11) is 1.61. The van der Waals surface area contributed by atoms with Gasteiger partial charge in [0, 0.05) is 54.6 Å². The van der Waals surface area contributed by atoms with Gasteiger partial charge >= 0.3 is 0 Å². The molecule has 1 aliphatic carbocycles. The van der Waals surface area contributed by atoms with E-state index in [1.54, 1.807) is 25.5 Å². The summed E-state index contributed by atoms with van der Waals surface area (Å²) in [5.74, 6) is -4.88. The third-order valence-electron chi connectivity index (χ3n) is 4.83. The van der Waals surface area contributed by atoms with E-state index in [4.69, 9.17) is 0 Å². The van der Waals surface area contributed by atoms with Gasteiger partial charge in [0.25, 0.3) is 11.5 Å². The molecule has 3 aromatic heterocycles. The van der Waals surface area contributed by atoms with Crippen LogP contribution in [-0.2, 0) is 11.8 Å². The average molecular weight is 370 g/mol. The molecule has 0 unspecified atom stereocenters. The smallest absolute Gasteiger partial charge is 0.260 e. The standard InChI is InChI=1S/C19H16F2N4O2/c1-10-3-4-22-9-13(10)12-5-11-8-23-16(6-15(11)25(2)18(12)27)24-17(26)14-7-19(14,20)21/h3-6,8-9,14H,7H2,1-2H3,(H,23,24,26)/t14-/m0/s1. The first kappa shape index (κ1) is 17.3. The van der Waals surface area contributed by atoms with E-state index in [1.165, 1.54) is 16.8 Å². The van der Waals surface area contributed by atoms with Gasteiger partial charge in [-0.15, -0.1) is 0 Å². The van der Waals surface area contributed by atoms with Gasteiger partial charge in [-0.2, -0.15) is 0 Å². The van der Waals surface area contributed by atoms with Crippen molar-refractivity contribution in [2.45, 2.75) is 19.3 Å². The van der Waals surface area contributed by atoms with Gasteiger partial charge in [0.15, 0.2) is 0 Å². The van der Waals surface area contributed by atoms with E-state index < -0.39 is 24.2 Å². The Morgan fingerprint density at radius 3 is 2.70 bits per heavy atom. The summed E-state index contributed by atoms with van der Waals surface area (Å²) in [6, 6.07) is 5.05. The summed E-state index contributed by atoms with van der Waals surface area (Å²) in [5.41, 5.74) is 2.46. The second-order valence-electron chi connectivity index (χ2n) is 6.75. The van der Waals surface area contributed by atoms with Crippen molar-refractivity contribution in [2.24, 2.45) is 13.0 Å². The van der Waals surface area contributed by atoms with Crippen molar-refractivity contribution >= 4 is 22.6 Å². The first-order valence-corrected chi connectivity index (χ1v) is 8.37. The van der Waals surface area contributed by atoms with Gasteiger partial charge in [-0.05, 0) is 24.6 Å². The van der Waals surface area contributed by atoms with Crippen LogP contribution in [0.25, 0.3) is 22.0 Å². The molecule has 1 aliphatic rings. The molecular weight excluding hydrogens is 354 g/mol. The predicted molar refractivity (Wildman–Crippen MR) is 96.6 cm³/mol. The molecule has 27 heavy (non-hydrogen) atoms. The second kappa shape index (κ2) is 5.94. The Morgan fingerprint density at radius 2 is 2.04 bits per heavy atom. The highest BCUT2D eigenvalue weighted by Crippen LogP contribution is 2.49. The predicted octanol–water partition coefficient (Wildman–Crippen LogP) is 2.90. The fourth-order valence-corrected chi connectivity index (χ4v) is 3.08. The van der Waals surface area contributed by atoms with Crippen molar-refractivity contribution in [3.63, 3.8) is 0 Å². The first-order chi connectivity index (χ1) is 12.8. The monoisotopic (exact) mass is 370 g/mol. The van der Waals surface area contributed by atoms with Gasteiger partial charge < -0.3 is 9.88 Å². The largest absolute Gasteiger partial charge is 0.311 e. The lowest BCUT2D eigenvalue weighted by atomic mass is 10.0. The Kier molecular flexibility index (Phi) is 3.80. The summed E-state index contributed by atoms with van der Waals surface area (Å²) in [6.45, 7) is 1.89. The molecule has 3 heterocycles. The number of rotatable bonds is 3. The SMILES string of the molecule is Cc1ccncc1-c1cc2cnc(NC(=O)[C@@H]3CC3(F)F)cc2n(C)c1=O. The summed E-state index contributed by atoms with van der Waals surface area (Å²) in [4.78, 5) is 32.9. The van der Waals surface area contributed by atoms with Crippen molar-refractivity contribution in [1.82, 2.24) is 14.5 Å². The molecule has 0 aliphatic heterocycles. The number of pyridine rings is 3. The van der Waals surface area contributed by atoms with Crippen LogP contribution in [0.5, 0.6) is 0 Å². The van der Waals surface area contributed by atoms with Gasteiger partial charge in [-0.3, -0.25) is 14.6 Å². The van der Waals surface area contributed by atoms with E-state index in [1.807, 2.05) is 13.0 Å². The molecule has 0 radical (unpaired) electrons. The van der Waals surface area contributed by atoms with E-state index in [2.05, 4.69) is 15.3 Å². The summed E-state index contributed by atoms with van der Waals surface area (Å²) in [5, 5.41) is 3.08. The number of aryl methyl sites for hydroxylation is 2. The molecule has 0 saturated heterocycles. The highest BCUT2D eigenvalue weighted by atomic mass is 19.3. The minimum absolute atomic E-state index is 0.135. The van der Waals surface area contributed by atoms with Gasteiger partial charge in [0.1, 0.15) is 11.7 Å². The molecule has 138 valence electrons. The maximum Gasteiger partial charge on any atom is 0.260 e. The Labute approximate surface area is 152 Å². The Balaban J connectivity index is 1.74. The maximum absolute atomic E-state index is 13.0. The number of nitrogens with one attached hydrogen (secondary N) is 1. The molecular formula is C19H16F2N4O2. The molecule has 3 aromatic rings. The number of halogens is 2. The molecule has 6 nitrogen and oxygen atoms in total. The highest BCUT2D eigenvalue weighted by Gasteiger charge is 2.61. The lowest BCUT2D eigenvalue weighted by Crippen LogP contribution is -2.21. The van der Waals surface area contributed by atoms with Gasteiger partial charge in [-0.25, -0.2) is 13.8 Å². The molecule has 1 amide bonds. The second-order valence-corrected chi connectivity index (χ2v) is 6.75. The van der Waals surface area contributed by atoms with Crippen molar-refractivity contribution < 1.29 is 13.6 Å². The molecule has 1 saturated carbocycles. The average Bonchev–Trinajstić information content (AvgIpc) is 3.28. The topological polar surface area (TPSA) is 76.9 Å². The zero-order valence-electron chi connectivity index (χ0n) is 14.7. The molecule has 1 atom stereocenters. The van der Waals surface area contributed by atoms with E-state index in [0.29, 0.717) is 16.5 Å². The molecule has 0 spiro atoms. The van der Waals surface area contributed by atoms with Crippen molar-refractivity contribution in [1.29, 1.82) is 0 Å². The minimum atomic E-state index is -2.94. The number of carbonyl (C=O) groups is 1. The number of alkyl halides is 2. The summed E-state index contributed by atoms with van der Waals surface area (Å²) >= 11 is 0. The van der Waals surface area contributed by atoms with Gasteiger partial charge in [-0.1, -0.05) is 0 Å². The fourth-order valence-electron chi connectivity index (χ4n) is 3.08. The quantitative estimate of drug-likeness (QED) is 0.769. The molecule has 0 aromatic carbocycles. The van der Waals surface area contributed by atoms with E-state index in [0.717, 1.165) is 11.1 Å². The fraction of sp³-hybridized carbons (Fsp3) is 0.263. The maximum atomic E-state index is 13.0. The zero-order chi connectivity index (χ0) is 19.3. The Hall–Kier alpha value is -3.16.